The number of aryl methyl sites for hydroxylation is 1. The molecule has 1 aromatic heterocycles. The predicted octanol–water partition coefficient (Wildman–Crippen LogP) is 0.749. The third-order valence-corrected chi connectivity index (χ3v) is 3.53. The average Bonchev–Trinajstić information content (AvgIpc) is 2.56. The normalized spacial score (nSPS) is 12.2. The molecule has 0 fully saturated rings. The molecular weight excluding hydrogens is 226 g/mol. The minimum absolute atomic E-state index is 0.168. The lowest BCUT2D eigenvalue weighted by Gasteiger charge is -1.99. The molecule has 1 rings (SSSR count). The van der Waals surface area contributed by atoms with Gasteiger partial charge in [-0.1, -0.05) is 6.92 Å². The Kier molecular flexibility index (Phi) is 4.99. The van der Waals surface area contributed by atoms with Crippen molar-refractivity contribution in [2.75, 3.05) is 5.75 Å². The Labute approximate surface area is 96.5 Å². The Morgan fingerprint density at radius 3 is 3.00 bits per heavy atom. The molecule has 0 aliphatic heterocycles. The number of nitrogens with zero attached hydrogens (tertiary/aromatic N) is 2. The molecule has 0 aromatic carbocycles. The van der Waals surface area contributed by atoms with Crippen LogP contribution < -0.4 is 5.56 Å². The van der Waals surface area contributed by atoms with Crippen LogP contribution in [0.5, 0.6) is 0 Å². The third kappa shape index (κ3) is 3.66. The molecule has 0 spiro atoms. The third-order valence-electron chi connectivity index (χ3n) is 2.04. The summed E-state index contributed by atoms with van der Waals surface area (Å²) in [6, 6.07) is 3.42. The van der Waals surface area contributed by atoms with Gasteiger partial charge in [0.1, 0.15) is 0 Å². The molecule has 0 saturated heterocycles. The molecule has 0 bridgehead atoms. The summed E-state index contributed by atoms with van der Waals surface area (Å²) in [4.78, 5) is 11.4. The SMILES string of the molecule is CCCS(=O)Cc1cc(=O)n(CCC#N)[nH]1. The van der Waals surface area contributed by atoms with Gasteiger partial charge in [0.2, 0.25) is 0 Å². The zero-order valence-corrected chi connectivity index (χ0v) is 10.0. The summed E-state index contributed by atoms with van der Waals surface area (Å²) >= 11 is 0. The maximum Gasteiger partial charge on any atom is 0.266 e. The lowest BCUT2D eigenvalue weighted by molar-refractivity contribution is 0.602. The Morgan fingerprint density at radius 1 is 1.62 bits per heavy atom. The van der Waals surface area contributed by atoms with Crippen LogP contribution in [0.25, 0.3) is 0 Å². The summed E-state index contributed by atoms with van der Waals surface area (Å²) in [5, 5.41) is 11.3. The molecule has 1 N–H and O–H groups in total. The van der Waals surface area contributed by atoms with Crippen LogP contribution in [0.2, 0.25) is 0 Å². The Bertz CT molecular complexity index is 455. The largest absolute Gasteiger partial charge is 0.299 e. The van der Waals surface area contributed by atoms with E-state index in [0.717, 1.165) is 6.42 Å². The monoisotopic (exact) mass is 241 g/mol. The van der Waals surface area contributed by atoms with Gasteiger partial charge < -0.3 is 0 Å². The zero-order chi connectivity index (χ0) is 12.0. The molecule has 6 heteroatoms. The highest BCUT2D eigenvalue weighted by atomic mass is 32.2. The maximum atomic E-state index is 11.5. The van der Waals surface area contributed by atoms with Gasteiger partial charge in [0.15, 0.2) is 0 Å². The first-order valence-corrected chi connectivity index (χ1v) is 6.66. The van der Waals surface area contributed by atoms with E-state index in [0.29, 0.717) is 23.7 Å². The molecule has 1 atom stereocenters. The number of nitrogens with one attached hydrogen (secondary N) is 1. The van der Waals surface area contributed by atoms with Crippen LogP contribution in [0, 0.1) is 11.3 Å². The molecule has 1 aromatic rings. The van der Waals surface area contributed by atoms with Crippen LogP contribution in [-0.4, -0.2) is 19.7 Å². The van der Waals surface area contributed by atoms with Crippen molar-refractivity contribution in [3.05, 3.63) is 22.1 Å². The Morgan fingerprint density at radius 2 is 2.38 bits per heavy atom. The van der Waals surface area contributed by atoms with Gasteiger partial charge >= 0.3 is 0 Å². The molecule has 0 radical (unpaired) electrons. The standard InChI is InChI=1S/C10H15N3O2S/c1-2-6-16(15)8-9-7-10(14)13(12-9)5-3-4-11/h7,12H,2-3,5-6,8H2,1H3. The molecule has 0 amide bonds. The van der Waals surface area contributed by atoms with E-state index in [-0.39, 0.29) is 12.0 Å². The first-order chi connectivity index (χ1) is 7.67. The van der Waals surface area contributed by atoms with Gasteiger partial charge in [-0.3, -0.25) is 18.8 Å². The van der Waals surface area contributed by atoms with Crippen molar-refractivity contribution in [3.63, 3.8) is 0 Å². The fraction of sp³-hybridized carbons (Fsp3) is 0.600. The number of H-pyrrole nitrogens is 1. The maximum absolute atomic E-state index is 11.5. The topological polar surface area (TPSA) is 78.7 Å². The quantitative estimate of drug-likeness (QED) is 0.798. The minimum Gasteiger partial charge on any atom is -0.299 e. The summed E-state index contributed by atoms with van der Waals surface area (Å²) in [5.41, 5.74) is 0.508. The number of rotatable bonds is 6. The van der Waals surface area contributed by atoms with Crippen molar-refractivity contribution in [3.8, 4) is 6.07 Å². The van der Waals surface area contributed by atoms with E-state index in [2.05, 4.69) is 5.10 Å². The van der Waals surface area contributed by atoms with Crippen LogP contribution in [0.15, 0.2) is 10.9 Å². The number of hydrogen-bond donors (Lipinski definition) is 1. The van der Waals surface area contributed by atoms with Crippen molar-refractivity contribution in [1.29, 1.82) is 5.26 Å². The molecular formula is C10H15N3O2S. The van der Waals surface area contributed by atoms with E-state index in [1.807, 2.05) is 13.0 Å². The first kappa shape index (κ1) is 12.7. The lowest BCUT2D eigenvalue weighted by Crippen LogP contribution is -2.15. The predicted molar refractivity (Wildman–Crippen MR) is 62.3 cm³/mol. The summed E-state index contributed by atoms with van der Waals surface area (Å²) in [6.45, 7) is 2.33. The Balaban J connectivity index is 2.66. The number of aromatic amines is 1. The fourth-order valence-corrected chi connectivity index (χ4v) is 2.46. The highest BCUT2D eigenvalue weighted by Crippen LogP contribution is 1.99. The Hall–Kier alpha value is -1.35. The van der Waals surface area contributed by atoms with E-state index >= 15 is 0 Å². The van der Waals surface area contributed by atoms with Gasteiger partial charge in [0.25, 0.3) is 5.56 Å². The van der Waals surface area contributed by atoms with Crippen LogP contribution >= 0.6 is 0 Å². The molecule has 0 aliphatic carbocycles. The molecule has 0 saturated carbocycles. The van der Waals surface area contributed by atoms with E-state index in [9.17, 15) is 9.00 Å². The van der Waals surface area contributed by atoms with Crippen LogP contribution in [0.3, 0.4) is 0 Å². The van der Waals surface area contributed by atoms with Crippen molar-refractivity contribution < 1.29 is 4.21 Å². The first-order valence-electron chi connectivity index (χ1n) is 5.18. The van der Waals surface area contributed by atoms with E-state index in [1.165, 1.54) is 10.7 Å². The summed E-state index contributed by atoms with van der Waals surface area (Å²) in [6.07, 6.45) is 1.16. The van der Waals surface area contributed by atoms with Gasteiger partial charge in [-0.25, -0.2) is 0 Å². The summed E-state index contributed by atoms with van der Waals surface area (Å²) in [7, 11) is -0.920. The van der Waals surface area contributed by atoms with Crippen LogP contribution in [-0.2, 0) is 23.1 Å². The highest BCUT2D eigenvalue weighted by Gasteiger charge is 2.06. The minimum atomic E-state index is -0.920. The van der Waals surface area contributed by atoms with Gasteiger partial charge in [0, 0.05) is 28.3 Å². The average molecular weight is 241 g/mol. The summed E-state index contributed by atoms with van der Waals surface area (Å²) < 4.78 is 12.9. The zero-order valence-electron chi connectivity index (χ0n) is 9.23. The molecule has 0 aliphatic rings. The lowest BCUT2D eigenvalue weighted by atomic mass is 10.5. The fourth-order valence-electron chi connectivity index (χ4n) is 1.36. The summed E-state index contributed by atoms with van der Waals surface area (Å²) in [5.74, 6) is 1.02. The number of aromatic nitrogens is 2. The second-order valence-corrected chi connectivity index (χ2v) is 5.04. The highest BCUT2D eigenvalue weighted by molar-refractivity contribution is 7.84. The van der Waals surface area contributed by atoms with Crippen LogP contribution in [0.4, 0.5) is 0 Å². The number of hydrogen-bond acceptors (Lipinski definition) is 3. The molecule has 1 unspecified atom stereocenters. The van der Waals surface area contributed by atoms with Crippen molar-refractivity contribution in [1.82, 2.24) is 9.78 Å². The molecule has 5 nitrogen and oxygen atoms in total. The van der Waals surface area contributed by atoms with E-state index in [1.54, 1.807) is 0 Å². The number of nitriles is 1. The van der Waals surface area contributed by atoms with Gasteiger partial charge in [0.05, 0.1) is 24.8 Å². The smallest absolute Gasteiger partial charge is 0.266 e. The molecule has 1 heterocycles. The van der Waals surface area contributed by atoms with Gasteiger partial charge in [-0.2, -0.15) is 5.26 Å². The van der Waals surface area contributed by atoms with Gasteiger partial charge in [-0.15, -0.1) is 0 Å². The van der Waals surface area contributed by atoms with E-state index in [4.69, 9.17) is 5.26 Å². The van der Waals surface area contributed by atoms with Crippen molar-refractivity contribution in [2.24, 2.45) is 0 Å². The second-order valence-electron chi connectivity index (χ2n) is 3.47. The van der Waals surface area contributed by atoms with Crippen LogP contribution in [0.1, 0.15) is 25.5 Å². The molecule has 16 heavy (non-hydrogen) atoms. The van der Waals surface area contributed by atoms with E-state index < -0.39 is 10.8 Å². The van der Waals surface area contributed by atoms with Gasteiger partial charge in [-0.05, 0) is 6.42 Å². The second kappa shape index (κ2) is 6.28. The molecule has 88 valence electrons. The van der Waals surface area contributed by atoms with Crippen molar-refractivity contribution in [2.45, 2.75) is 32.1 Å². The van der Waals surface area contributed by atoms with Crippen molar-refractivity contribution >= 4 is 10.8 Å².